The van der Waals surface area contributed by atoms with E-state index in [1.807, 2.05) is 0 Å². The highest BCUT2D eigenvalue weighted by Crippen LogP contribution is 2.17. The van der Waals surface area contributed by atoms with Crippen LogP contribution in [0, 0.1) is 11.8 Å². The minimum atomic E-state index is -0.762. The van der Waals surface area contributed by atoms with Crippen LogP contribution < -0.4 is 0 Å². The second-order valence-electron chi connectivity index (χ2n) is 19.1. The molecule has 0 amide bonds. The first-order valence-corrected chi connectivity index (χ1v) is 26.2. The van der Waals surface area contributed by atoms with Crippen molar-refractivity contribution in [3.8, 4) is 0 Å². The highest BCUT2D eigenvalue weighted by Gasteiger charge is 2.19. The van der Waals surface area contributed by atoms with Crippen molar-refractivity contribution < 1.29 is 28.6 Å². The van der Waals surface area contributed by atoms with Gasteiger partial charge in [0.05, 0.1) is 0 Å². The van der Waals surface area contributed by atoms with Crippen LogP contribution in [-0.2, 0) is 28.6 Å². The van der Waals surface area contributed by atoms with Gasteiger partial charge in [0.1, 0.15) is 13.2 Å². The lowest BCUT2D eigenvalue weighted by Gasteiger charge is -2.18. The first kappa shape index (κ1) is 57.4. The average molecular weight is 835 g/mol. The van der Waals surface area contributed by atoms with Crippen LogP contribution in [-0.4, -0.2) is 37.2 Å². The fourth-order valence-corrected chi connectivity index (χ4v) is 7.99. The Morgan fingerprint density at radius 3 is 0.831 bits per heavy atom. The first-order chi connectivity index (χ1) is 28.7. The molecule has 0 aromatic rings. The van der Waals surface area contributed by atoms with Crippen LogP contribution in [0.4, 0.5) is 0 Å². The fourth-order valence-electron chi connectivity index (χ4n) is 7.99. The molecule has 6 heteroatoms. The van der Waals surface area contributed by atoms with Crippen molar-refractivity contribution in [3.63, 3.8) is 0 Å². The Bertz CT molecular complexity index is 900. The Kier molecular flexibility index (Phi) is 44.7. The second-order valence-corrected chi connectivity index (χ2v) is 19.1. The van der Waals surface area contributed by atoms with Gasteiger partial charge < -0.3 is 14.2 Å². The lowest BCUT2D eigenvalue weighted by molar-refractivity contribution is -0.167. The second kappa shape index (κ2) is 45.9. The van der Waals surface area contributed by atoms with E-state index in [1.165, 1.54) is 180 Å². The molecule has 0 rings (SSSR count). The number of rotatable bonds is 47. The highest BCUT2D eigenvalue weighted by atomic mass is 16.6. The molecule has 0 N–H and O–H groups in total. The van der Waals surface area contributed by atoms with Gasteiger partial charge in [0.15, 0.2) is 6.10 Å². The molecule has 350 valence electrons. The number of hydrogen-bond acceptors (Lipinski definition) is 6. The molecule has 0 unspecified atom stereocenters. The summed E-state index contributed by atoms with van der Waals surface area (Å²) in [6, 6.07) is 0. The molecule has 6 nitrogen and oxygen atoms in total. The first-order valence-electron chi connectivity index (χ1n) is 26.2. The summed E-state index contributed by atoms with van der Waals surface area (Å²) in [5.41, 5.74) is 0. The van der Waals surface area contributed by atoms with E-state index in [4.69, 9.17) is 14.2 Å². The van der Waals surface area contributed by atoms with Gasteiger partial charge in [0, 0.05) is 19.3 Å². The molecule has 0 aromatic carbocycles. The van der Waals surface area contributed by atoms with Gasteiger partial charge in [-0.1, -0.05) is 253 Å². The lowest BCUT2D eigenvalue weighted by Crippen LogP contribution is -2.30. The van der Waals surface area contributed by atoms with Crippen molar-refractivity contribution in [1.82, 2.24) is 0 Å². The highest BCUT2D eigenvalue weighted by molar-refractivity contribution is 5.71. The predicted molar refractivity (Wildman–Crippen MR) is 252 cm³/mol. The van der Waals surface area contributed by atoms with Crippen LogP contribution in [0.15, 0.2) is 0 Å². The Balaban J connectivity index is 4.30. The van der Waals surface area contributed by atoms with Crippen LogP contribution in [0.25, 0.3) is 0 Å². The van der Waals surface area contributed by atoms with Gasteiger partial charge >= 0.3 is 17.9 Å². The van der Waals surface area contributed by atoms with Gasteiger partial charge in [-0.15, -0.1) is 0 Å². The van der Waals surface area contributed by atoms with Crippen molar-refractivity contribution in [2.75, 3.05) is 13.2 Å². The Hall–Kier alpha value is -1.59. The number of carbonyl (C=O) groups is 3. The van der Waals surface area contributed by atoms with Crippen molar-refractivity contribution in [2.24, 2.45) is 11.8 Å². The molecule has 0 heterocycles. The normalized spacial score (nSPS) is 12.1. The van der Waals surface area contributed by atoms with Crippen molar-refractivity contribution in [2.45, 2.75) is 298 Å². The van der Waals surface area contributed by atoms with Crippen LogP contribution >= 0.6 is 0 Å². The molecule has 0 radical (unpaired) electrons. The SMILES string of the molecule is CCCCCCCCCCCCCCCCC(=O)OC[C@@H](COC(=O)CCCCCCCCCCCCCCC(C)C)OC(=O)CCCCCCCCCCCC(C)C. The largest absolute Gasteiger partial charge is 0.462 e. The molecule has 0 fully saturated rings. The van der Waals surface area contributed by atoms with Gasteiger partial charge in [-0.2, -0.15) is 0 Å². The summed E-state index contributed by atoms with van der Waals surface area (Å²) in [7, 11) is 0. The molecule has 0 saturated heterocycles. The zero-order chi connectivity index (χ0) is 43.3. The summed E-state index contributed by atoms with van der Waals surface area (Å²) < 4.78 is 16.8. The molecule has 0 aliphatic carbocycles. The van der Waals surface area contributed by atoms with E-state index in [-0.39, 0.29) is 31.1 Å². The minimum absolute atomic E-state index is 0.0637. The van der Waals surface area contributed by atoms with Gasteiger partial charge in [-0.25, -0.2) is 0 Å². The molecule has 0 aliphatic heterocycles. The van der Waals surface area contributed by atoms with E-state index in [0.29, 0.717) is 19.3 Å². The topological polar surface area (TPSA) is 78.9 Å². The summed E-state index contributed by atoms with van der Waals surface area (Å²) in [5.74, 6) is 0.792. The summed E-state index contributed by atoms with van der Waals surface area (Å²) in [6.45, 7) is 11.4. The maximum atomic E-state index is 12.8. The van der Waals surface area contributed by atoms with Crippen LogP contribution in [0.3, 0.4) is 0 Å². The van der Waals surface area contributed by atoms with Crippen LogP contribution in [0.2, 0.25) is 0 Å². The Morgan fingerprint density at radius 2 is 0.559 bits per heavy atom. The molecule has 0 spiro atoms. The van der Waals surface area contributed by atoms with Crippen LogP contribution in [0.1, 0.15) is 291 Å². The van der Waals surface area contributed by atoms with Crippen molar-refractivity contribution in [3.05, 3.63) is 0 Å². The number of carbonyl (C=O) groups excluding carboxylic acids is 3. The zero-order valence-electron chi connectivity index (χ0n) is 40.4. The molecule has 59 heavy (non-hydrogen) atoms. The summed E-state index contributed by atoms with van der Waals surface area (Å²) in [5, 5.41) is 0. The van der Waals surface area contributed by atoms with Gasteiger partial charge in [0.2, 0.25) is 0 Å². The fraction of sp³-hybridized carbons (Fsp3) is 0.943. The smallest absolute Gasteiger partial charge is 0.306 e. The van der Waals surface area contributed by atoms with E-state index < -0.39 is 6.10 Å². The van der Waals surface area contributed by atoms with E-state index in [2.05, 4.69) is 34.6 Å². The predicted octanol–water partition coefficient (Wildman–Crippen LogP) is 16.9. The molecular weight excluding hydrogens is 733 g/mol. The Morgan fingerprint density at radius 1 is 0.322 bits per heavy atom. The monoisotopic (exact) mass is 835 g/mol. The Labute approximate surface area is 368 Å². The number of hydrogen-bond donors (Lipinski definition) is 0. The zero-order valence-corrected chi connectivity index (χ0v) is 40.4. The molecule has 1 atom stereocenters. The number of ether oxygens (including phenoxy) is 3. The molecule has 0 aromatic heterocycles. The molecular formula is C53H102O6. The quantitative estimate of drug-likeness (QED) is 0.0345. The molecule has 0 aliphatic rings. The van der Waals surface area contributed by atoms with Crippen molar-refractivity contribution >= 4 is 17.9 Å². The maximum Gasteiger partial charge on any atom is 0.306 e. The third kappa shape index (κ3) is 47.3. The van der Waals surface area contributed by atoms with Gasteiger partial charge in [-0.05, 0) is 31.1 Å². The average Bonchev–Trinajstić information content (AvgIpc) is 3.20. The van der Waals surface area contributed by atoms with Crippen molar-refractivity contribution in [1.29, 1.82) is 0 Å². The third-order valence-corrected chi connectivity index (χ3v) is 12.0. The summed E-state index contributed by atoms with van der Waals surface area (Å²) >= 11 is 0. The minimum Gasteiger partial charge on any atom is -0.462 e. The molecule has 0 saturated carbocycles. The maximum absolute atomic E-state index is 12.8. The summed E-state index contributed by atoms with van der Waals surface area (Å²) in [4.78, 5) is 37.9. The number of unbranched alkanes of at least 4 members (excludes halogenated alkanes) is 32. The van der Waals surface area contributed by atoms with Crippen LogP contribution in [0.5, 0.6) is 0 Å². The van der Waals surface area contributed by atoms with E-state index in [0.717, 1.165) is 69.6 Å². The van der Waals surface area contributed by atoms with Gasteiger partial charge in [0.25, 0.3) is 0 Å². The third-order valence-electron chi connectivity index (χ3n) is 12.0. The summed E-state index contributed by atoms with van der Waals surface area (Å²) in [6.07, 6.45) is 46.6. The number of esters is 3. The van der Waals surface area contributed by atoms with Gasteiger partial charge in [-0.3, -0.25) is 14.4 Å². The van der Waals surface area contributed by atoms with E-state index >= 15 is 0 Å². The lowest BCUT2D eigenvalue weighted by atomic mass is 10.0. The van der Waals surface area contributed by atoms with E-state index in [1.54, 1.807) is 0 Å². The molecule has 0 bridgehead atoms. The van der Waals surface area contributed by atoms with E-state index in [9.17, 15) is 14.4 Å². The standard InChI is InChI=1S/C53H102O6/c1-6-7-8-9-10-11-12-13-14-18-23-28-33-38-43-51(54)57-46-50(59-53(56)45-40-35-30-25-20-22-27-32-37-42-49(4)5)47-58-52(55)44-39-34-29-24-19-16-15-17-21-26-31-36-41-48(2)3/h48-50H,6-47H2,1-5H3/t50-/m0/s1.